The van der Waals surface area contributed by atoms with Gasteiger partial charge in [0.15, 0.2) is 0 Å². The predicted octanol–water partition coefficient (Wildman–Crippen LogP) is 4.70. The Morgan fingerprint density at radius 3 is 2.69 bits per heavy atom. The maximum absolute atomic E-state index is 12.2. The van der Waals surface area contributed by atoms with Gasteiger partial charge in [-0.3, -0.25) is 4.79 Å². The molecule has 16 heavy (non-hydrogen) atoms. The van der Waals surface area contributed by atoms with Gasteiger partial charge in [0, 0.05) is 10.0 Å². The van der Waals surface area contributed by atoms with Gasteiger partial charge in [0.2, 0.25) is 5.78 Å². The van der Waals surface area contributed by atoms with Gasteiger partial charge in [-0.1, -0.05) is 33.6 Å². The van der Waals surface area contributed by atoms with Crippen molar-refractivity contribution in [3.63, 3.8) is 0 Å². The summed E-state index contributed by atoms with van der Waals surface area (Å²) in [6.07, 6.45) is 0. The highest BCUT2D eigenvalue weighted by Crippen LogP contribution is 2.28. The van der Waals surface area contributed by atoms with Gasteiger partial charge in [-0.25, -0.2) is 0 Å². The maximum Gasteiger partial charge on any atom is 0.205 e. The highest BCUT2D eigenvalue weighted by molar-refractivity contribution is 9.10. The summed E-state index contributed by atoms with van der Waals surface area (Å²) in [6, 6.07) is 7.40. The molecule has 1 heterocycles. The Balaban J connectivity index is 2.46. The SMILES string of the molecule is Cc1ccc(C(=O)c2sccc2Cl)c(Br)c1. The van der Waals surface area contributed by atoms with Crippen molar-refractivity contribution in [2.45, 2.75) is 6.92 Å². The second-order valence-corrected chi connectivity index (χ2v) is 5.59. The van der Waals surface area contributed by atoms with Gasteiger partial charge in [0.05, 0.1) is 9.90 Å². The van der Waals surface area contributed by atoms with Crippen molar-refractivity contribution in [1.82, 2.24) is 0 Å². The number of benzene rings is 1. The van der Waals surface area contributed by atoms with Crippen LogP contribution in [0.1, 0.15) is 20.8 Å². The van der Waals surface area contributed by atoms with E-state index in [-0.39, 0.29) is 5.78 Å². The fraction of sp³-hybridized carbons (Fsp3) is 0.0833. The van der Waals surface area contributed by atoms with Gasteiger partial charge in [-0.15, -0.1) is 11.3 Å². The van der Waals surface area contributed by atoms with Crippen molar-refractivity contribution < 1.29 is 4.79 Å². The lowest BCUT2D eigenvalue weighted by molar-refractivity contribution is 0.104. The number of halogens is 2. The minimum absolute atomic E-state index is 0.0353. The van der Waals surface area contributed by atoms with E-state index in [4.69, 9.17) is 11.6 Å². The molecule has 4 heteroatoms. The number of carbonyl (C=O) groups is 1. The Labute approximate surface area is 111 Å². The van der Waals surface area contributed by atoms with E-state index in [0.717, 1.165) is 10.0 Å². The van der Waals surface area contributed by atoms with Crippen LogP contribution in [0.3, 0.4) is 0 Å². The van der Waals surface area contributed by atoms with Gasteiger partial charge in [-0.2, -0.15) is 0 Å². The fourth-order valence-corrected chi connectivity index (χ4v) is 3.15. The molecule has 0 aliphatic rings. The van der Waals surface area contributed by atoms with Crippen molar-refractivity contribution in [1.29, 1.82) is 0 Å². The van der Waals surface area contributed by atoms with E-state index >= 15 is 0 Å². The fourth-order valence-electron chi connectivity index (χ4n) is 1.38. The van der Waals surface area contributed by atoms with Gasteiger partial charge in [0.1, 0.15) is 0 Å². The second-order valence-electron chi connectivity index (χ2n) is 3.41. The van der Waals surface area contributed by atoms with E-state index < -0.39 is 0 Å². The summed E-state index contributed by atoms with van der Waals surface area (Å²) >= 11 is 10.7. The van der Waals surface area contributed by atoms with Crippen LogP contribution in [0.5, 0.6) is 0 Å². The zero-order chi connectivity index (χ0) is 11.7. The van der Waals surface area contributed by atoms with Crippen molar-refractivity contribution in [3.05, 3.63) is 55.1 Å². The molecular formula is C12H8BrClOS. The first-order valence-electron chi connectivity index (χ1n) is 4.63. The van der Waals surface area contributed by atoms with Crippen LogP contribution in [0.2, 0.25) is 5.02 Å². The lowest BCUT2D eigenvalue weighted by Gasteiger charge is -2.03. The van der Waals surface area contributed by atoms with Crippen LogP contribution in [0.4, 0.5) is 0 Å². The molecule has 0 saturated heterocycles. The van der Waals surface area contributed by atoms with Crippen LogP contribution in [-0.2, 0) is 0 Å². The number of aryl methyl sites for hydroxylation is 1. The van der Waals surface area contributed by atoms with Gasteiger partial charge in [0.25, 0.3) is 0 Å². The molecule has 2 rings (SSSR count). The first kappa shape index (κ1) is 11.8. The predicted molar refractivity (Wildman–Crippen MR) is 71.6 cm³/mol. The molecule has 0 unspecified atom stereocenters. The Bertz CT molecular complexity index is 548. The number of carbonyl (C=O) groups excluding carboxylic acids is 1. The third-order valence-corrected chi connectivity index (χ3v) is 4.19. The summed E-state index contributed by atoms with van der Waals surface area (Å²) in [4.78, 5) is 12.7. The number of hydrogen-bond acceptors (Lipinski definition) is 2. The Morgan fingerprint density at radius 2 is 2.12 bits per heavy atom. The average Bonchev–Trinajstić information content (AvgIpc) is 2.63. The highest BCUT2D eigenvalue weighted by Gasteiger charge is 2.16. The van der Waals surface area contributed by atoms with Crippen LogP contribution in [0.15, 0.2) is 34.1 Å². The van der Waals surface area contributed by atoms with Crippen LogP contribution in [0.25, 0.3) is 0 Å². The molecule has 0 aliphatic heterocycles. The van der Waals surface area contributed by atoms with E-state index in [1.54, 1.807) is 6.07 Å². The summed E-state index contributed by atoms with van der Waals surface area (Å²) in [5.41, 5.74) is 1.76. The van der Waals surface area contributed by atoms with Crippen LogP contribution < -0.4 is 0 Å². The van der Waals surface area contributed by atoms with Crippen molar-refractivity contribution in [2.24, 2.45) is 0 Å². The van der Waals surface area contributed by atoms with E-state index in [2.05, 4.69) is 15.9 Å². The molecule has 1 aromatic carbocycles. The summed E-state index contributed by atoms with van der Waals surface area (Å²) in [5, 5.41) is 2.33. The van der Waals surface area contributed by atoms with Crippen LogP contribution in [-0.4, -0.2) is 5.78 Å². The van der Waals surface area contributed by atoms with E-state index in [0.29, 0.717) is 15.5 Å². The summed E-state index contributed by atoms with van der Waals surface area (Å²) < 4.78 is 0.807. The molecule has 0 atom stereocenters. The minimum atomic E-state index is -0.0353. The van der Waals surface area contributed by atoms with E-state index in [1.165, 1.54) is 11.3 Å². The number of thiophene rings is 1. The standard InChI is InChI=1S/C12H8BrClOS/c1-7-2-3-8(9(13)6-7)11(15)12-10(14)4-5-16-12/h2-6H,1H3. The number of rotatable bonds is 2. The lowest BCUT2D eigenvalue weighted by Crippen LogP contribution is -2.00. The maximum atomic E-state index is 12.2. The average molecular weight is 316 g/mol. The smallest absolute Gasteiger partial charge is 0.205 e. The summed E-state index contributed by atoms with van der Waals surface area (Å²) in [5.74, 6) is -0.0353. The summed E-state index contributed by atoms with van der Waals surface area (Å²) in [6.45, 7) is 1.98. The van der Waals surface area contributed by atoms with Crippen LogP contribution in [0, 0.1) is 6.92 Å². The van der Waals surface area contributed by atoms with Crippen molar-refractivity contribution >= 4 is 44.7 Å². The third kappa shape index (κ3) is 2.21. The lowest BCUT2D eigenvalue weighted by atomic mass is 10.1. The molecule has 0 N–H and O–H groups in total. The first-order chi connectivity index (χ1) is 7.59. The monoisotopic (exact) mass is 314 g/mol. The van der Waals surface area contributed by atoms with Gasteiger partial charge in [-0.05, 0) is 36.1 Å². The van der Waals surface area contributed by atoms with Crippen LogP contribution >= 0.6 is 38.9 Å². The third-order valence-electron chi connectivity index (χ3n) is 2.19. The molecule has 0 spiro atoms. The normalized spacial score (nSPS) is 10.4. The zero-order valence-electron chi connectivity index (χ0n) is 8.46. The van der Waals surface area contributed by atoms with Gasteiger partial charge < -0.3 is 0 Å². The molecule has 0 radical (unpaired) electrons. The molecule has 0 amide bonds. The van der Waals surface area contributed by atoms with Gasteiger partial charge >= 0.3 is 0 Å². The number of ketones is 1. The molecule has 0 bridgehead atoms. The molecule has 1 nitrogen and oxygen atoms in total. The molecule has 82 valence electrons. The van der Waals surface area contributed by atoms with E-state index in [9.17, 15) is 4.79 Å². The minimum Gasteiger partial charge on any atom is -0.288 e. The zero-order valence-corrected chi connectivity index (χ0v) is 11.6. The van der Waals surface area contributed by atoms with Crippen molar-refractivity contribution in [3.8, 4) is 0 Å². The Kier molecular flexibility index (Phi) is 3.47. The van der Waals surface area contributed by atoms with E-state index in [1.807, 2.05) is 30.5 Å². The highest BCUT2D eigenvalue weighted by atomic mass is 79.9. The van der Waals surface area contributed by atoms with Crippen molar-refractivity contribution in [2.75, 3.05) is 0 Å². The molecule has 1 aromatic heterocycles. The number of hydrogen-bond donors (Lipinski definition) is 0. The summed E-state index contributed by atoms with van der Waals surface area (Å²) in [7, 11) is 0. The molecule has 0 aliphatic carbocycles. The largest absolute Gasteiger partial charge is 0.288 e. The second kappa shape index (κ2) is 4.70. The Morgan fingerprint density at radius 1 is 1.38 bits per heavy atom. The molecule has 2 aromatic rings. The molecular weight excluding hydrogens is 308 g/mol. The topological polar surface area (TPSA) is 17.1 Å². The molecule has 0 saturated carbocycles. The molecule has 0 fully saturated rings. The Hall–Kier alpha value is -0.640. The quantitative estimate of drug-likeness (QED) is 0.734. The first-order valence-corrected chi connectivity index (χ1v) is 6.68.